The molecule has 0 atom stereocenters. The molecular weight excluding hydrogens is 444 g/mol. The zero-order chi connectivity index (χ0) is 23.6. The van der Waals surface area contributed by atoms with Crippen LogP contribution in [0.25, 0.3) is 11.0 Å². The third-order valence-electron chi connectivity index (χ3n) is 5.36. The molecule has 1 aliphatic rings. The number of anilines is 1. The average molecular weight is 473 g/mol. The lowest BCUT2D eigenvalue weighted by Gasteiger charge is -2.26. The van der Waals surface area contributed by atoms with Crippen molar-refractivity contribution in [1.82, 2.24) is 4.31 Å². The largest absolute Gasteiger partial charge is 0.489 e. The smallest absolute Gasteiger partial charge is 0.243 e. The number of hydrogen-bond acceptors (Lipinski definition) is 6. The highest BCUT2D eigenvalue weighted by Gasteiger charge is 2.27. The topological polar surface area (TPSA) is 98.1 Å². The van der Waals surface area contributed by atoms with Crippen LogP contribution in [0.2, 0.25) is 0 Å². The van der Waals surface area contributed by atoms with E-state index in [4.69, 9.17) is 13.9 Å². The van der Waals surface area contributed by atoms with E-state index in [1.807, 2.05) is 39.0 Å². The number of carbonyl (C=O) groups is 1. The zero-order valence-corrected chi connectivity index (χ0v) is 19.8. The number of carbonyl (C=O) groups excluding carboxylic acids is 1. The standard InChI is InChI=1S/C24H28N2O6S/c1-16(2)32-22-7-5-19(33(28,29)26-8-10-30-11-9-26)14-21(22)25-24(27)13-18-15-31-23-12-17(3)4-6-20(18)23/h4-7,12,14-16H,8-11,13H2,1-3H3,(H,25,27). The molecule has 0 bridgehead atoms. The van der Waals surface area contributed by atoms with Crippen molar-refractivity contribution in [2.75, 3.05) is 31.6 Å². The Hall–Kier alpha value is -2.88. The van der Waals surface area contributed by atoms with Crippen LogP contribution in [0.3, 0.4) is 0 Å². The van der Waals surface area contributed by atoms with E-state index in [2.05, 4.69) is 5.32 Å². The lowest BCUT2D eigenvalue weighted by molar-refractivity contribution is -0.115. The first-order chi connectivity index (χ1) is 15.7. The first kappa shape index (κ1) is 23.3. The second-order valence-electron chi connectivity index (χ2n) is 8.33. The van der Waals surface area contributed by atoms with E-state index in [0.29, 0.717) is 37.7 Å². The van der Waals surface area contributed by atoms with Crippen LogP contribution >= 0.6 is 0 Å². The summed E-state index contributed by atoms with van der Waals surface area (Å²) in [7, 11) is -3.72. The lowest BCUT2D eigenvalue weighted by Crippen LogP contribution is -2.40. The molecule has 1 N–H and O–H groups in total. The summed E-state index contributed by atoms with van der Waals surface area (Å²) in [4.78, 5) is 13.0. The minimum absolute atomic E-state index is 0.0810. The summed E-state index contributed by atoms with van der Waals surface area (Å²) in [6.07, 6.45) is 1.51. The predicted octanol–water partition coefficient (Wildman–Crippen LogP) is 3.73. The van der Waals surface area contributed by atoms with Crippen molar-refractivity contribution in [2.45, 2.75) is 38.2 Å². The fourth-order valence-electron chi connectivity index (χ4n) is 3.75. The summed E-state index contributed by atoms with van der Waals surface area (Å²) < 4.78 is 44.2. The van der Waals surface area contributed by atoms with Gasteiger partial charge in [-0.15, -0.1) is 0 Å². The number of sulfonamides is 1. The number of amides is 1. The molecular formula is C24H28N2O6S. The molecule has 0 aliphatic carbocycles. The number of ether oxygens (including phenoxy) is 2. The predicted molar refractivity (Wildman–Crippen MR) is 125 cm³/mol. The molecule has 0 spiro atoms. The van der Waals surface area contributed by atoms with Gasteiger partial charge in [-0.25, -0.2) is 8.42 Å². The average Bonchev–Trinajstić information content (AvgIpc) is 3.16. The van der Waals surface area contributed by atoms with Gasteiger partial charge in [-0.1, -0.05) is 12.1 Å². The van der Waals surface area contributed by atoms with Crippen molar-refractivity contribution in [3.8, 4) is 5.75 Å². The Kier molecular flexibility index (Phi) is 6.73. The van der Waals surface area contributed by atoms with Gasteiger partial charge in [0.2, 0.25) is 15.9 Å². The molecule has 4 rings (SSSR count). The van der Waals surface area contributed by atoms with Crippen molar-refractivity contribution in [2.24, 2.45) is 0 Å². The van der Waals surface area contributed by atoms with Crippen LogP contribution in [-0.4, -0.2) is 51.0 Å². The molecule has 3 aromatic rings. The molecule has 1 aliphatic heterocycles. The molecule has 0 unspecified atom stereocenters. The maximum Gasteiger partial charge on any atom is 0.243 e. The van der Waals surface area contributed by atoms with E-state index in [1.54, 1.807) is 12.3 Å². The van der Waals surface area contributed by atoms with Crippen LogP contribution in [0.4, 0.5) is 5.69 Å². The summed E-state index contributed by atoms with van der Waals surface area (Å²) >= 11 is 0. The van der Waals surface area contributed by atoms with Crippen LogP contribution in [0.5, 0.6) is 5.75 Å². The summed E-state index contributed by atoms with van der Waals surface area (Å²) in [6.45, 7) is 7.00. The summed E-state index contributed by atoms with van der Waals surface area (Å²) in [6, 6.07) is 10.4. The van der Waals surface area contributed by atoms with Gasteiger partial charge in [0.05, 0.1) is 42.6 Å². The van der Waals surface area contributed by atoms with Crippen LogP contribution in [-0.2, 0) is 26.0 Å². The Bertz CT molecular complexity index is 1260. The number of furan rings is 1. The number of benzene rings is 2. The van der Waals surface area contributed by atoms with Gasteiger partial charge in [-0.2, -0.15) is 4.31 Å². The van der Waals surface area contributed by atoms with Gasteiger partial charge in [0, 0.05) is 24.0 Å². The summed E-state index contributed by atoms with van der Waals surface area (Å²) in [5, 5.41) is 3.71. The highest BCUT2D eigenvalue weighted by molar-refractivity contribution is 7.89. The third-order valence-corrected chi connectivity index (χ3v) is 7.25. The molecule has 9 heteroatoms. The van der Waals surface area contributed by atoms with E-state index >= 15 is 0 Å². The molecule has 1 aromatic heterocycles. The van der Waals surface area contributed by atoms with E-state index in [0.717, 1.165) is 22.1 Å². The van der Waals surface area contributed by atoms with Crippen LogP contribution in [0.1, 0.15) is 25.0 Å². The van der Waals surface area contributed by atoms with Crippen LogP contribution in [0.15, 0.2) is 52.0 Å². The van der Waals surface area contributed by atoms with Crippen LogP contribution < -0.4 is 10.1 Å². The number of morpholine rings is 1. The van der Waals surface area contributed by atoms with Crippen molar-refractivity contribution < 1.29 is 27.1 Å². The number of aryl methyl sites for hydroxylation is 1. The minimum atomic E-state index is -3.72. The first-order valence-corrected chi connectivity index (χ1v) is 12.3. The Balaban J connectivity index is 1.60. The molecule has 8 nitrogen and oxygen atoms in total. The van der Waals surface area contributed by atoms with Gasteiger partial charge in [0.15, 0.2) is 0 Å². The Morgan fingerprint density at radius 2 is 1.91 bits per heavy atom. The van der Waals surface area contributed by atoms with Gasteiger partial charge < -0.3 is 19.2 Å². The molecule has 2 heterocycles. The Morgan fingerprint density at radius 1 is 1.15 bits per heavy atom. The summed E-state index contributed by atoms with van der Waals surface area (Å²) in [5.41, 5.74) is 2.86. The quantitative estimate of drug-likeness (QED) is 0.563. The SMILES string of the molecule is Cc1ccc2c(CC(=O)Nc3cc(S(=O)(=O)N4CCOCC4)ccc3OC(C)C)coc2c1. The van der Waals surface area contributed by atoms with Crippen molar-refractivity contribution in [3.05, 3.63) is 53.8 Å². The molecule has 1 fully saturated rings. The zero-order valence-electron chi connectivity index (χ0n) is 19.0. The fourth-order valence-corrected chi connectivity index (χ4v) is 5.19. The highest BCUT2D eigenvalue weighted by Crippen LogP contribution is 2.31. The van der Waals surface area contributed by atoms with E-state index in [9.17, 15) is 13.2 Å². The minimum Gasteiger partial charge on any atom is -0.489 e. The second kappa shape index (κ2) is 9.54. The Morgan fingerprint density at radius 3 is 2.64 bits per heavy atom. The molecule has 1 amide bonds. The first-order valence-electron chi connectivity index (χ1n) is 10.9. The molecule has 0 radical (unpaired) electrons. The van der Waals surface area contributed by atoms with E-state index < -0.39 is 10.0 Å². The highest BCUT2D eigenvalue weighted by atomic mass is 32.2. The monoisotopic (exact) mass is 472 g/mol. The molecule has 33 heavy (non-hydrogen) atoms. The third kappa shape index (κ3) is 5.21. The summed E-state index contributed by atoms with van der Waals surface area (Å²) in [5.74, 6) is 0.111. The van der Waals surface area contributed by atoms with Crippen molar-refractivity contribution in [3.63, 3.8) is 0 Å². The maximum atomic E-state index is 13.1. The van der Waals surface area contributed by atoms with Crippen molar-refractivity contribution in [1.29, 1.82) is 0 Å². The van der Waals surface area contributed by atoms with Crippen LogP contribution in [0, 0.1) is 6.92 Å². The van der Waals surface area contributed by atoms with Crippen molar-refractivity contribution >= 4 is 32.6 Å². The van der Waals surface area contributed by atoms with Gasteiger partial charge in [-0.3, -0.25) is 4.79 Å². The number of nitrogens with zero attached hydrogens (tertiary/aromatic N) is 1. The second-order valence-corrected chi connectivity index (χ2v) is 10.3. The number of nitrogens with one attached hydrogen (secondary N) is 1. The normalized spacial score (nSPS) is 15.2. The molecule has 1 saturated heterocycles. The number of hydrogen-bond donors (Lipinski definition) is 1. The number of rotatable bonds is 7. The Labute approximate surface area is 193 Å². The molecule has 176 valence electrons. The molecule has 2 aromatic carbocycles. The number of fused-ring (bicyclic) bond motifs is 1. The van der Waals surface area contributed by atoms with Gasteiger partial charge in [0.25, 0.3) is 0 Å². The molecule has 0 saturated carbocycles. The maximum absolute atomic E-state index is 13.1. The van der Waals surface area contributed by atoms with Gasteiger partial charge in [-0.05, 0) is 50.6 Å². The van der Waals surface area contributed by atoms with Gasteiger partial charge in [0.1, 0.15) is 11.3 Å². The van der Waals surface area contributed by atoms with Gasteiger partial charge >= 0.3 is 0 Å². The van der Waals surface area contributed by atoms with E-state index in [1.165, 1.54) is 16.4 Å². The van der Waals surface area contributed by atoms with E-state index in [-0.39, 0.29) is 23.3 Å². The fraction of sp³-hybridized carbons (Fsp3) is 0.375. The lowest BCUT2D eigenvalue weighted by atomic mass is 10.1.